The summed E-state index contributed by atoms with van der Waals surface area (Å²) in [5.74, 6) is -1.87. The molecule has 0 saturated heterocycles. The molecule has 0 aromatic carbocycles. The van der Waals surface area contributed by atoms with E-state index in [2.05, 4.69) is 0 Å². The van der Waals surface area contributed by atoms with Gasteiger partial charge in [-0.15, -0.1) is 49.6 Å². The number of rotatable bonds is 10. The van der Waals surface area contributed by atoms with Crippen molar-refractivity contribution in [1.82, 2.24) is 0 Å². The van der Waals surface area contributed by atoms with Crippen LogP contribution in [0, 0.1) is 0 Å². The number of carboxylic acid groups (broad SMARTS) is 2. The molecule has 0 radical (unpaired) electrons. The van der Waals surface area contributed by atoms with Crippen LogP contribution in [0.5, 0.6) is 0 Å². The average molecular weight is 438 g/mol. The molecule has 24 heavy (non-hydrogen) atoms. The Labute approximate surface area is 168 Å². The van der Waals surface area contributed by atoms with Gasteiger partial charge < -0.3 is 33.1 Å². The topological polar surface area (TPSA) is 179 Å². The third kappa shape index (κ3) is 29.9. The van der Waals surface area contributed by atoms with E-state index in [9.17, 15) is 9.59 Å². The van der Waals surface area contributed by atoms with Gasteiger partial charge in [-0.05, 0) is 38.8 Å². The second-order valence-corrected chi connectivity index (χ2v) is 4.46. The highest BCUT2D eigenvalue weighted by Crippen LogP contribution is 1.97. The van der Waals surface area contributed by atoms with Crippen LogP contribution in [0.3, 0.4) is 0 Å². The number of halogens is 4. The summed E-state index contributed by atoms with van der Waals surface area (Å²) in [5, 5.41) is 16.7. The molecule has 8 nitrogen and oxygen atoms in total. The average Bonchev–Trinajstić information content (AvgIpc) is 2.39. The SMILES string of the molecule is Cl.Cl.Cl.Cl.NCCCC[C@H](N)C(=O)O.NCCCC[C@H](N)C(=O)O. The Balaban J connectivity index is -0.0000000579. The summed E-state index contributed by atoms with van der Waals surface area (Å²) in [6.07, 6.45) is 4.33. The molecule has 0 bridgehead atoms. The third-order valence-corrected chi connectivity index (χ3v) is 2.57. The van der Waals surface area contributed by atoms with E-state index in [1.807, 2.05) is 0 Å². The third-order valence-electron chi connectivity index (χ3n) is 2.57. The van der Waals surface area contributed by atoms with E-state index in [4.69, 9.17) is 33.1 Å². The van der Waals surface area contributed by atoms with E-state index in [1.165, 1.54) is 0 Å². The monoisotopic (exact) mass is 436 g/mol. The first-order valence-corrected chi connectivity index (χ1v) is 6.73. The molecule has 0 aromatic rings. The molecule has 10 N–H and O–H groups in total. The van der Waals surface area contributed by atoms with E-state index in [0.717, 1.165) is 25.7 Å². The Bertz CT molecular complexity index is 253. The van der Waals surface area contributed by atoms with Crippen molar-refractivity contribution in [2.45, 2.75) is 50.6 Å². The van der Waals surface area contributed by atoms with Crippen LogP contribution in [0.1, 0.15) is 38.5 Å². The van der Waals surface area contributed by atoms with Crippen LogP contribution in [0.25, 0.3) is 0 Å². The highest BCUT2D eigenvalue weighted by Gasteiger charge is 2.09. The lowest BCUT2D eigenvalue weighted by Crippen LogP contribution is -2.29. The number of unbranched alkanes of at least 4 members (excludes halogenated alkanes) is 2. The van der Waals surface area contributed by atoms with Crippen molar-refractivity contribution >= 4 is 61.6 Å². The van der Waals surface area contributed by atoms with Gasteiger partial charge in [-0.25, -0.2) is 0 Å². The number of hydrogen-bond acceptors (Lipinski definition) is 6. The molecule has 0 heterocycles. The lowest BCUT2D eigenvalue weighted by Gasteiger charge is -2.03. The second-order valence-electron chi connectivity index (χ2n) is 4.46. The molecule has 0 spiro atoms. The van der Waals surface area contributed by atoms with Gasteiger partial charge in [0.05, 0.1) is 0 Å². The fourth-order valence-electron chi connectivity index (χ4n) is 1.26. The maximum absolute atomic E-state index is 10.1. The Hall–Kier alpha value is -0.0600. The van der Waals surface area contributed by atoms with Crippen molar-refractivity contribution in [2.24, 2.45) is 22.9 Å². The van der Waals surface area contributed by atoms with Crippen molar-refractivity contribution < 1.29 is 19.8 Å². The van der Waals surface area contributed by atoms with E-state index >= 15 is 0 Å². The van der Waals surface area contributed by atoms with E-state index in [-0.39, 0.29) is 49.6 Å². The molecule has 0 amide bonds. The Morgan fingerprint density at radius 2 is 0.917 bits per heavy atom. The predicted octanol–water partition coefficient (Wildman–Crippen LogP) is 0.742. The van der Waals surface area contributed by atoms with Crippen molar-refractivity contribution in [2.75, 3.05) is 13.1 Å². The normalized spacial score (nSPS) is 10.8. The minimum atomic E-state index is -0.933. The maximum atomic E-state index is 10.1. The number of carboxylic acids is 2. The van der Waals surface area contributed by atoms with Crippen LogP contribution in [-0.4, -0.2) is 47.3 Å². The molecular weight excluding hydrogens is 406 g/mol. The summed E-state index contributed by atoms with van der Waals surface area (Å²) in [7, 11) is 0. The first kappa shape index (κ1) is 39.1. The van der Waals surface area contributed by atoms with Crippen LogP contribution in [-0.2, 0) is 9.59 Å². The molecule has 0 fully saturated rings. The number of nitrogens with two attached hydrogens (primary N) is 4. The zero-order valence-corrected chi connectivity index (χ0v) is 16.7. The lowest BCUT2D eigenvalue weighted by molar-refractivity contribution is -0.139. The summed E-state index contributed by atoms with van der Waals surface area (Å²) in [6, 6.07) is -1.43. The summed E-state index contributed by atoms with van der Waals surface area (Å²) in [4.78, 5) is 20.3. The summed E-state index contributed by atoms with van der Waals surface area (Å²) >= 11 is 0. The van der Waals surface area contributed by atoms with E-state index in [0.29, 0.717) is 25.9 Å². The van der Waals surface area contributed by atoms with Crippen LogP contribution >= 0.6 is 49.6 Å². The van der Waals surface area contributed by atoms with Gasteiger partial charge >= 0.3 is 11.9 Å². The molecule has 0 aliphatic rings. The minimum Gasteiger partial charge on any atom is -0.480 e. The zero-order chi connectivity index (χ0) is 16.0. The van der Waals surface area contributed by atoms with Gasteiger partial charge in [0, 0.05) is 0 Å². The van der Waals surface area contributed by atoms with Crippen molar-refractivity contribution in [3.8, 4) is 0 Å². The summed E-state index contributed by atoms with van der Waals surface area (Å²) < 4.78 is 0. The van der Waals surface area contributed by atoms with Gasteiger partial charge in [-0.1, -0.05) is 12.8 Å². The molecule has 0 aliphatic heterocycles. The van der Waals surface area contributed by atoms with Crippen molar-refractivity contribution in [1.29, 1.82) is 0 Å². The lowest BCUT2D eigenvalue weighted by atomic mass is 10.1. The Kier molecular flexibility index (Phi) is 45.3. The zero-order valence-electron chi connectivity index (χ0n) is 13.5. The Morgan fingerprint density at radius 1 is 0.667 bits per heavy atom. The van der Waals surface area contributed by atoms with Crippen LogP contribution in [0.4, 0.5) is 0 Å². The van der Waals surface area contributed by atoms with E-state index in [1.54, 1.807) is 0 Å². The molecule has 0 aliphatic carbocycles. The predicted molar refractivity (Wildman–Crippen MR) is 106 cm³/mol. The van der Waals surface area contributed by atoms with E-state index < -0.39 is 24.0 Å². The molecule has 0 saturated carbocycles. The van der Waals surface area contributed by atoms with Crippen LogP contribution in [0.15, 0.2) is 0 Å². The first-order valence-electron chi connectivity index (χ1n) is 6.73. The largest absolute Gasteiger partial charge is 0.480 e. The van der Waals surface area contributed by atoms with Crippen molar-refractivity contribution in [3.05, 3.63) is 0 Å². The van der Waals surface area contributed by atoms with Gasteiger partial charge in [-0.2, -0.15) is 0 Å². The van der Waals surface area contributed by atoms with Crippen molar-refractivity contribution in [3.63, 3.8) is 0 Å². The fourth-order valence-corrected chi connectivity index (χ4v) is 1.26. The standard InChI is InChI=1S/2C6H14N2O2.4ClH/c2*7-4-2-1-3-5(8)6(9)10;;;;/h2*5H,1-4,7-8H2,(H,9,10);4*1H/t2*5-;;;;/m00..../s1. The van der Waals surface area contributed by atoms with Gasteiger partial charge in [0.2, 0.25) is 0 Å². The van der Waals surface area contributed by atoms with Gasteiger partial charge in [0.15, 0.2) is 0 Å². The molecule has 2 atom stereocenters. The number of aliphatic carboxylic acids is 2. The molecule has 152 valence electrons. The fraction of sp³-hybridized carbons (Fsp3) is 0.833. The summed E-state index contributed by atoms with van der Waals surface area (Å²) in [6.45, 7) is 1.21. The second kappa shape index (κ2) is 27.8. The maximum Gasteiger partial charge on any atom is 0.320 e. The number of carbonyl (C=O) groups is 2. The molecule has 0 aromatic heterocycles. The summed E-state index contributed by atoms with van der Waals surface area (Å²) in [5.41, 5.74) is 20.8. The number of hydrogen-bond donors (Lipinski definition) is 6. The first-order chi connectivity index (χ1) is 9.36. The molecule has 12 heteroatoms. The Morgan fingerprint density at radius 3 is 1.08 bits per heavy atom. The van der Waals surface area contributed by atoms with Crippen LogP contribution in [0.2, 0.25) is 0 Å². The quantitative estimate of drug-likeness (QED) is 0.270. The molecular formula is C12H32Cl4N4O4. The smallest absolute Gasteiger partial charge is 0.320 e. The highest BCUT2D eigenvalue weighted by molar-refractivity contribution is 5.86. The van der Waals surface area contributed by atoms with Crippen LogP contribution < -0.4 is 22.9 Å². The van der Waals surface area contributed by atoms with Gasteiger partial charge in [-0.3, -0.25) is 9.59 Å². The highest BCUT2D eigenvalue weighted by atomic mass is 35.5. The minimum absolute atomic E-state index is 0. The van der Waals surface area contributed by atoms with Gasteiger partial charge in [0.25, 0.3) is 0 Å². The van der Waals surface area contributed by atoms with Gasteiger partial charge in [0.1, 0.15) is 12.1 Å². The molecule has 0 rings (SSSR count). The molecule has 0 unspecified atom stereocenters.